The second kappa shape index (κ2) is 9.10. The molecule has 0 aliphatic heterocycles. The Balaban J connectivity index is 1.82. The molecule has 5 nitrogen and oxygen atoms in total. The summed E-state index contributed by atoms with van der Waals surface area (Å²) in [5.41, 5.74) is 2.04. The second-order valence-corrected chi connectivity index (χ2v) is 5.50. The van der Waals surface area contributed by atoms with Crippen LogP contribution in [0.2, 0.25) is 0 Å². The zero-order valence-electron chi connectivity index (χ0n) is 13.7. The molecule has 0 saturated heterocycles. The van der Waals surface area contributed by atoms with E-state index >= 15 is 0 Å². The summed E-state index contributed by atoms with van der Waals surface area (Å²) in [6.07, 6.45) is 1.52. The highest BCUT2D eigenvalue weighted by molar-refractivity contribution is 5.91. The van der Waals surface area contributed by atoms with Crippen LogP contribution in [0.5, 0.6) is 0 Å². The van der Waals surface area contributed by atoms with E-state index in [1.165, 1.54) is 5.56 Å². The highest BCUT2D eigenvalue weighted by Gasteiger charge is 2.15. The SMILES string of the molecule is CCOCCCNC(=O)c1cc(CC(C)c2ccccc2)no1. The van der Waals surface area contributed by atoms with Crippen molar-refractivity contribution >= 4 is 5.91 Å². The van der Waals surface area contributed by atoms with Gasteiger partial charge < -0.3 is 14.6 Å². The minimum atomic E-state index is -0.229. The van der Waals surface area contributed by atoms with Crippen LogP contribution >= 0.6 is 0 Å². The van der Waals surface area contributed by atoms with E-state index in [4.69, 9.17) is 9.26 Å². The van der Waals surface area contributed by atoms with Crippen molar-refractivity contribution < 1.29 is 14.1 Å². The number of nitrogens with one attached hydrogen (secondary N) is 1. The van der Waals surface area contributed by atoms with E-state index < -0.39 is 0 Å². The largest absolute Gasteiger partial charge is 0.382 e. The van der Waals surface area contributed by atoms with Crippen molar-refractivity contribution in [1.82, 2.24) is 10.5 Å². The van der Waals surface area contributed by atoms with Crippen molar-refractivity contribution in [2.45, 2.75) is 32.6 Å². The molecule has 0 fully saturated rings. The second-order valence-electron chi connectivity index (χ2n) is 5.50. The minimum Gasteiger partial charge on any atom is -0.382 e. The first-order valence-electron chi connectivity index (χ1n) is 8.07. The number of hydrogen-bond donors (Lipinski definition) is 1. The van der Waals surface area contributed by atoms with E-state index in [-0.39, 0.29) is 11.7 Å². The predicted octanol–water partition coefficient (Wildman–Crippen LogP) is 3.18. The van der Waals surface area contributed by atoms with Gasteiger partial charge in [-0.1, -0.05) is 42.4 Å². The highest BCUT2D eigenvalue weighted by atomic mass is 16.5. The predicted molar refractivity (Wildman–Crippen MR) is 88.5 cm³/mol. The summed E-state index contributed by atoms with van der Waals surface area (Å²) in [7, 11) is 0. The molecule has 2 aromatic rings. The Kier molecular flexibility index (Phi) is 6.81. The fourth-order valence-electron chi connectivity index (χ4n) is 2.34. The summed E-state index contributed by atoms with van der Waals surface area (Å²) < 4.78 is 10.4. The van der Waals surface area contributed by atoms with Crippen LogP contribution in [0.25, 0.3) is 0 Å². The van der Waals surface area contributed by atoms with Crippen LogP contribution in [0.15, 0.2) is 40.9 Å². The molecule has 5 heteroatoms. The Morgan fingerprint density at radius 2 is 2.13 bits per heavy atom. The monoisotopic (exact) mass is 316 g/mol. The normalized spacial score (nSPS) is 12.1. The molecule has 0 aliphatic rings. The van der Waals surface area contributed by atoms with Gasteiger partial charge in [-0.25, -0.2) is 0 Å². The standard InChI is InChI=1S/C18H24N2O3/c1-3-22-11-7-10-19-18(21)17-13-16(20-23-17)12-14(2)15-8-5-4-6-9-15/h4-6,8-9,13-14H,3,7,10-12H2,1-2H3,(H,19,21). The van der Waals surface area contributed by atoms with Gasteiger partial charge in [-0.3, -0.25) is 4.79 Å². The average molecular weight is 316 g/mol. The van der Waals surface area contributed by atoms with E-state index in [9.17, 15) is 4.79 Å². The molecule has 0 spiro atoms. The molecule has 1 unspecified atom stereocenters. The smallest absolute Gasteiger partial charge is 0.289 e. The van der Waals surface area contributed by atoms with Crippen molar-refractivity contribution in [3.8, 4) is 0 Å². The summed E-state index contributed by atoms with van der Waals surface area (Å²) in [5, 5.41) is 6.80. The summed E-state index contributed by atoms with van der Waals surface area (Å²) in [6, 6.07) is 12.0. The number of hydrogen-bond acceptors (Lipinski definition) is 4. The summed E-state index contributed by atoms with van der Waals surface area (Å²) in [4.78, 5) is 12.0. The van der Waals surface area contributed by atoms with Crippen molar-refractivity contribution in [1.29, 1.82) is 0 Å². The van der Waals surface area contributed by atoms with E-state index in [1.54, 1.807) is 6.07 Å². The van der Waals surface area contributed by atoms with Gasteiger partial charge in [-0.05, 0) is 31.2 Å². The molecule has 1 aromatic carbocycles. The van der Waals surface area contributed by atoms with E-state index in [0.29, 0.717) is 25.7 Å². The molecule has 1 aromatic heterocycles. The molecule has 0 aliphatic carbocycles. The average Bonchev–Trinajstić information content (AvgIpc) is 3.04. The Hall–Kier alpha value is -2.14. The maximum absolute atomic E-state index is 12.0. The maximum atomic E-state index is 12.0. The Morgan fingerprint density at radius 1 is 1.35 bits per heavy atom. The van der Waals surface area contributed by atoms with E-state index in [2.05, 4.69) is 29.5 Å². The fraction of sp³-hybridized carbons (Fsp3) is 0.444. The van der Waals surface area contributed by atoms with Gasteiger partial charge in [0.1, 0.15) is 0 Å². The minimum absolute atomic E-state index is 0.229. The van der Waals surface area contributed by atoms with E-state index in [1.807, 2.05) is 25.1 Å². The maximum Gasteiger partial charge on any atom is 0.289 e. The third-order valence-corrected chi connectivity index (χ3v) is 3.62. The van der Waals surface area contributed by atoms with Crippen LogP contribution in [0.3, 0.4) is 0 Å². The first-order chi connectivity index (χ1) is 11.2. The van der Waals surface area contributed by atoms with Crippen LogP contribution in [-0.4, -0.2) is 30.8 Å². The number of aromatic nitrogens is 1. The molecule has 1 atom stereocenters. The lowest BCUT2D eigenvalue weighted by atomic mass is 9.96. The zero-order chi connectivity index (χ0) is 16.5. The van der Waals surface area contributed by atoms with Gasteiger partial charge >= 0.3 is 0 Å². The number of rotatable bonds is 9. The molecule has 0 bridgehead atoms. The first kappa shape index (κ1) is 17.2. The van der Waals surface area contributed by atoms with Gasteiger partial charge in [0, 0.05) is 25.8 Å². The van der Waals surface area contributed by atoms with Crippen LogP contribution < -0.4 is 5.32 Å². The molecule has 1 N–H and O–H groups in total. The van der Waals surface area contributed by atoms with Crippen molar-refractivity contribution in [2.75, 3.05) is 19.8 Å². The third kappa shape index (κ3) is 5.53. The molecular weight excluding hydrogens is 292 g/mol. The van der Waals surface area contributed by atoms with Gasteiger partial charge in [0.25, 0.3) is 5.91 Å². The molecule has 0 saturated carbocycles. The fourth-order valence-corrected chi connectivity index (χ4v) is 2.34. The van der Waals surface area contributed by atoms with Gasteiger partial charge in [-0.15, -0.1) is 0 Å². The molecule has 124 valence electrons. The Morgan fingerprint density at radius 3 is 2.87 bits per heavy atom. The first-order valence-corrected chi connectivity index (χ1v) is 8.07. The molecular formula is C18H24N2O3. The Labute approximate surface area is 137 Å². The number of amides is 1. The lowest BCUT2D eigenvalue weighted by molar-refractivity contribution is 0.0907. The van der Waals surface area contributed by atoms with Crippen LogP contribution in [0.4, 0.5) is 0 Å². The number of carbonyl (C=O) groups excluding carboxylic acids is 1. The Bertz CT molecular complexity index is 595. The van der Waals surface area contributed by atoms with Gasteiger partial charge in [0.15, 0.2) is 0 Å². The summed E-state index contributed by atoms with van der Waals surface area (Å²) >= 11 is 0. The molecule has 2 rings (SSSR count). The number of ether oxygens (including phenoxy) is 1. The van der Waals surface area contributed by atoms with Crippen molar-refractivity contribution in [3.63, 3.8) is 0 Å². The lowest BCUT2D eigenvalue weighted by Gasteiger charge is -2.08. The topological polar surface area (TPSA) is 64.4 Å². The molecule has 0 radical (unpaired) electrons. The van der Waals surface area contributed by atoms with Crippen molar-refractivity contribution in [3.05, 3.63) is 53.4 Å². The van der Waals surface area contributed by atoms with Crippen LogP contribution in [0.1, 0.15) is 48.0 Å². The summed E-state index contributed by atoms with van der Waals surface area (Å²) in [6.45, 7) is 5.99. The van der Waals surface area contributed by atoms with Crippen molar-refractivity contribution in [2.24, 2.45) is 0 Å². The van der Waals surface area contributed by atoms with Crippen LogP contribution in [-0.2, 0) is 11.2 Å². The van der Waals surface area contributed by atoms with Gasteiger partial charge in [0.05, 0.1) is 5.69 Å². The summed E-state index contributed by atoms with van der Waals surface area (Å²) in [5.74, 6) is 0.354. The van der Waals surface area contributed by atoms with Gasteiger partial charge in [-0.2, -0.15) is 0 Å². The molecule has 23 heavy (non-hydrogen) atoms. The van der Waals surface area contributed by atoms with E-state index in [0.717, 1.165) is 18.5 Å². The number of carbonyl (C=O) groups is 1. The molecule has 1 amide bonds. The lowest BCUT2D eigenvalue weighted by Crippen LogP contribution is -2.24. The highest BCUT2D eigenvalue weighted by Crippen LogP contribution is 2.19. The number of benzene rings is 1. The number of nitrogens with zero attached hydrogens (tertiary/aromatic N) is 1. The molecule has 1 heterocycles. The quantitative estimate of drug-likeness (QED) is 0.722. The van der Waals surface area contributed by atoms with Crippen LogP contribution in [0, 0.1) is 0 Å². The zero-order valence-corrected chi connectivity index (χ0v) is 13.7. The van der Waals surface area contributed by atoms with Gasteiger partial charge in [0.2, 0.25) is 5.76 Å². The third-order valence-electron chi connectivity index (χ3n) is 3.62.